The first-order chi connectivity index (χ1) is 12.2. The summed E-state index contributed by atoms with van der Waals surface area (Å²) in [5.41, 5.74) is 0.738. The number of benzene rings is 1. The summed E-state index contributed by atoms with van der Waals surface area (Å²) in [5, 5.41) is 9.96. The number of halogens is 1. The molecule has 0 radical (unpaired) electrons. The van der Waals surface area contributed by atoms with Gasteiger partial charge in [-0.05, 0) is 37.7 Å². The molecule has 1 aliphatic rings. The van der Waals surface area contributed by atoms with Gasteiger partial charge in [0.2, 0.25) is 5.91 Å². The van der Waals surface area contributed by atoms with Crippen LogP contribution in [0, 0.1) is 0 Å². The van der Waals surface area contributed by atoms with E-state index in [1.54, 1.807) is 0 Å². The lowest BCUT2D eigenvalue weighted by Crippen LogP contribution is -2.39. The molecular weight excluding hydrogens is 463 g/mol. The summed E-state index contributed by atoms with van der Waals surface area (Å²) in [6, 6.07) is 7.39. The topological polar surface area (TPSA) is 74.8 Å². The van der Waals surface area contributed by atoms with Crippen LogP contribution in [0.25, 0.3) is 0 Å². The number of ether oxygens (including phenoxy) is 1. The second kappa shape index (κ2) is 13.1. The van der Waals surface area contributed by atoms with E-state index in [9.17, 15) is 4.79 Å². The predicted molar refractivity (Wildman–Crippen MR) is 121 cm³/mol. The minimum absolute atomic E-state index is 0. The highest BCUT2D eigenvalue weighted by molar-refractivity contribution is 14.0. The van der Waals surface area contributed by atoms with Crippen molar-refractivity contribution < 1.29 is 9.53 Å². The highest BCUT2D eigenvalue weighted by Gasteiger charge is 2.14. The van der Waals surface area contributed by atoms with Crippen molar-refractivity contribution in [2.24, 2.45) is 4.99 Å². The molecule has 1 atom stereocenters. The molecule has 1 aromatic rings. The summed E-state index contributed by atoms with van der Waals surface area (Å²) in [6.07, 6.45) is 2.57. The second-order valence-electron chi connectivity index (χ2n) is 5.84. The molecule has 1 amide bonds. The van der Waals surface area contributed by atoms with Crippen molar-refractivity contribution in [2.45, 2.75) is 31.9 Å². The third-order valence-corrected chi connectivity index (χ3v) is 5.02. The molecule has 1 saturated heterocycles. The molecule has 2 rings (SSSR count). The highest BCUT2D eigenvalue weighted by Crippen LogP contribution is 2.26. The number of rotatable bonds is 8. The molecular formula is C18H29IN4O2S. The monoisotopic (exact) mass is 492 g/mol. The molecule has 3 N–H and O–H groups in total. The number of amides is 1. The van der Waals surface area contributed by atoms with E-state index in [-0.39, 0.29) is 29.9 Å². The van der Waals surface area contributed by atoms with Crippen LogP contribution < -0.4 is 20.7 Å². The van der Waals surface area contributed by atoms with Gasteiger partial charge in [0.1, 0.15) is 12.4 Å². The Hall–Kier alpha value is -1.16. The molecule has 0 spiro atoms. The normalized spacial score (nSPS) is 16.5. The molecule has 1 aliphatic heterocycles. The van der Waals surface area contributed by atoms with Crippen molar-refractivity contribution in [3.05, 3.63) is 24.3 Å². The summed E-state index contributed by atoms with van der Waals surface area (Å²) < 4.78 is 5.73. The second-order valence-corrected chi connectivity index (χ2v) is 7.25. The van der Waals surface area contributed by atoms with E-state index in [4.69, 9.17) is 4.74 Å². The lowest BCUT2D eigenvalue weighted by atomic mass is 10.2. The van der Waals surface area contributed by atoms with Crippen molar-refractivity contribution in [2.75, 3.05) is 37.3 Å². The number of thioether (sulfide) groups is 1. The van der Waals surface area contributed by atoms with Gasteiger partial charge in [0, 0.05) is 30.5 Å². The molecule has 146 valence electrons. The average molecular weight is 492 g/mol. The lowest BCUT2D eigenvalue weighted by molar-refractivity contribution is -0.114. The zero-order valence-electron chi connectivity index (χ0n) is 15.4. The van der Waals surface area contributed by atoms with Gasteiger partial charge in [0.15, 0.2) is 5.96 Å². The Kier molecular flexibility index (Phi) is 11.5. The van der Waals surface area contributed by atoms with Gasteiger partial charge in [0.05, 0.1) is 13.1 Å². The fourth-order valence-corrected chi connectivity index (χ4v) is 3.71. The Morgan fingerprint density at radius 2 is 2.23 bits per heavy atom. The van der Waals surface area contributed by atoms with Crippen LogP contribution in [0.1, 0.15) is 26.7 Å². The first kappa shape index (κ1) is 22.9. The summed E-state index contributed by atoms with van der Waals surface area (Å²) in [4.78, 5) is 15.8. The number of hydrogen-bond donors (Lipinski definition) is 3. The molecule has 0 aromatic heterocycles. The van der Waals surface area contributed by atoms with Crippen LogP contribution in [-0.4, -0.2) is 49.1 Å². The first-order valence-corrected chi connectivity index (χ1v) is 9.86. The Morgan fingerprint density at radius 1 is 1.38 bits per heavy atom. The fraction of sp³-hybridized carbons (Fsp3) is 0.556. The molecule has 8 heteroatoms. The van der Waals surface area contributed by atoms with Crippen LogP contribution in [0.15, 0.2) is 29.3 Å². The van der Waals surface area contributed by atoms with Gasteiger partial charge in [-0.25, -0.2) is 0 Å². The molecule has 26 heavy (non-hydrogen) atoms. The number of carbonyl (C=O) groups excluding carboxylic acids is 1. The van der Waals surface area contributed by atoms with E-state index >= 15 is 0 Å². The van der Waals surface area contributed by atoms with Crippen LogP contribution in [-0.2, 0) is 4.79 Å². The average Bonchev–Trinajstić information content (AvgIpc) is 3.09. The molecule has 0 aliphatic carbocycles. The molecule has 0 bridgehead atoms. The Morgan fingerprint density at radius 3 is 2.92 bits per heavy atom. The zero-order valence-corrected chi connectivity index (χ0v) is 18.6. The van der Waals surface area contributed by atoms with Crippen LogP contribution in [0.4, 0.5) is 5.69 Å². The van der Waals surface area contributed by atoms with Crippen molar-refractivity contribution in [1.29, 1.82) is 0 Å². The number of guanidine groups is 1. The van der Waals surface area contributed by atoms with Gasteiger partial charge in [-0.1, -0.05) is 6.07 Å². The minimum Gasteiger partial charge on any atom is -0.492 e. The predicted octanol–water partition coefficient (Wildman–Crippen LogP) is 3.09. The highest BCUT2D eigenvalue weighted by atomic mass is 127. The third kappa shape index (κ3) is 8.98. The summed E-state index contributed by atoms with van der Waals surface area (Å²) >= 11 is 2.02. The Balaban J connectivity index is 0.00000338. The molecule has 1 heterocycles. The lowest BCUT2D eigenvalue weighted by Gasteiger charge is -2.13. The fourth-order valence-electron chi connectivity index (χ4n) is 2.53. The minimum atomic E-state index is -0.0919. The van der Waals surface area contributed by atoms with Gasteiger partial charge in [0.25, 0.3) is 0 Å². The summed E-state index contributed by atoms with van der Waals surface area (Å²) in [7, 11) is 0. The molecule has 0 saturated carbocycles. The van der Waals surface area contributed by atoms with Crippen LogP contribution >= 0.6 is 35.7 Å². The van der Waals surface area contributed by atoms with Gasteiger partial charge in [-0.2, -0.15) is 11.8 Å². The quantitative estimate of drug-likeness (QED) is 0.225. The van der Waals surface area contributed by atoms with E-state index in [1.165, 1.54) is 25.5 Å². The van der Waals surface area contributed by atoms with Gasteiger partial charge in [-0.3, -0.25) is 9.79 Å². The Labute approximate surface area is 177 Å². The molecule has 1 unspecified atom stereocenters. The van der Waals surface area contributed by atoms with Crippen molar-refractivity contribution in [3.8, 4) is 5.75 Å². The van der Waals surface area contributed by atoms with Crippen LogP contribution in [0.2, 0.25) is 0 Å². The van der Waals surface area contributed by atoms with E-state index < -0.39 is 0 Å². The molecule has 6 nitrogen and oxygen atoms in total. The van der Waals surface area contributed by atoms with E-state index in [1.807, 2.05) is 36.0 Å². The summed E-state index contributed by atoms with van der Waals surface area (Å²) in [6.45, 7) is 6.43. The number of nitrogens with zero attached hydrogens (tertiary/aromatic N) is 1. The summed E-state index contributed by atoms with van der Waals surface area (Å²) in [5.74, 6) is 2.74. The number of aliphatic imine (C=N–C) groups is 1. The number of hydrogen-bond acceptors (Lipinski definition) is 4. The number of carbonyl (C=O) groups is 1. The van der Waals surface area contributed by atoms with Crippen molar-refractivity contribution in [1.82, 2.24) is 10.6 Å². The first-order valence-electron chi connectivity index (χ1n) is 8.81. The maximum atomic E-state index is 11.1. The number of nitrogens with one attached hydrogen (secondary N) is 3. The maximum absolute atomic E-state index is 11.1. The van der Waals surface area contributed by atoms with Crippen LogP contribution in [0.3, 0.4) is 0 Å². The van der Waals surface area contributed by atoms with E-state index in [2.05, 4.69) is 27.9 Å². The van der Waals surface area contributed by atoms with Crippen molar-refractivity contribution in [3.63, 3.8) is 0 Å². The zero-order chi connectivity index (χ0) is 17.9. The van der Waals surface area contributed by atoms with Gasteiger partial charge >= 0.3 is 0 Å². The van der Waals surface area contributed by atoms with E-state index in [0.29, 0.717) is 18.4 Å². The van der Waals surface area contributed by atoms with E-state index in [0.717, 1.165) is 30.5 Å². The SMILES string of the molecule is CCNC(=NCC1CCCS1)NCCOc1cccc(NC(C)=O)c1.I. The number of anilines is 1. The molecule has 1 fully saturated rings. The van der Waals surface area contributed by atoms with Crippen molar-refractivity contribution >= 4 is 53.3 Å². The smallest absolute Gasteiger partial charge is 0.221 e. The maximum Gasteiger partial charge on any atom is 0.221 e. The third-order valence-electron chi connectivity index (χ3n) is 3.64. The van der Waals surface area contributed by atoms with Gasteiger partial charge < -0.3 is 20.7 Å². The Bertz CT molecular complexity index is 580. The standard InChI is InChI=1S/C18H28N4O2S.HI/c1-3-19-18(21-13-17-8-5-11-25-17)20-9-10-24-16-7-4-6-15(12-16)22-14(2)23;/h4,6-7,12,17H,3,5,8-11,13H2,1-2H3,(H,22,23)(H2,19,20,21);1H. The molecule has 1 aromatic carbocycles. The van der Waals surface area contributed by atoms with Crippen LogP contribution in [0.5, 0.6) is 5.75 Å². The largest absolute Gasteiger partial charge is 0.492 e. The van der Waals surface area contributed by atoms with Gasteiger partial charge in [-0.15, -0.1) is 24.0 Å².